The number of carbonyl (C=O) groups excluding carboxylic acids is 1. The molecule has 0 saturated heterocycles. The predicted molar refractivity (Wildman–Crippen MR) is 244 cm³/mol. The number of hydrogen-bond acceptors (Lipinski definition) is 5. The molecular weight excluding hydrogens is 732 g/mol. The van der Waals surface area contributed by atoms with Gasteiger partial charge in [-0.1, -0.05) is 183 Å². The molecule has 9 heteroatoms. The molecule has 3 unspecified atom stereocenters. The number of aliphatic hydroxyl groups is 1. The predicted octanol–water partition coefficient (Wildman–Crippen LogP) is 12.8. The van der Waals surface area contributed by atoms with Crippen molar-refractivity contribution in [2.75, 3.05) is 40.9 Å². The van der Waals surface area contributed by atoms with E-state index in [0.29, 0.717) is 17.4 Å². The number of carbonyl (C=O) groups is 1. The number of aliphatic hydroxyl groups excluding tert-OH is 1. The molecule has 3 atom stereocenters. The number of phosphoric ester groups is 1. The fraction of sp³-hybridized carbons (Fsp3) is 0.729. The summed E-state index contributed by atoms with van der Waals surface area (Å²) >= 11 is 0. The molecule has 0 aromatic rings. The summed E-state index contributed by atoms with van der Waals surface area (Å²) < 4.78 is 23.3. The Morgan fingerprint density at radius 3 is 1.53 bits per heavy atom. The summed E-state index contributed by atoms with van der Waals surface area (Å²) in [5, 5.41) is 13.5. The van der Waals surface area contributed by atoms with Gasteiger partial charge in [-0.15, -0.1) is 0 Å². The first-order valence-electron chi connectivity index (χ1n) is 22.8. The van der Waals surface area contributed by atoms with Crippen molar-refractivity contribution in [1.82, 2.24) is 5.32 Å². The van der Waals surface area contributed by atoms with E-state index in [0.717, 1.165) is 70.6 Å². The molecule has 0 aliphatic heterocycles. The first-order chi connectivity index (χ1) is 27.5. The fourth-order valence-electron chi connectivity index (χ4n) is 6.05. The smallest absolute Gasteiger partial charge is 0.387 e. The zero-order valence-corrected chi connectivity index (χ0v) is 38.2. The Balaban J connectivity index is 3.87. The maximum atomic E-state index is 12.7. The van der Waals surface area contributed by atoms with Crippen molar-refractivity contribution in [2.24, 2.45) is 0 Å². The normalized spacial score (nSPS) is 15.0. The minimum absolute atomic E-state index is 0.0580. The third kappa shape index (κ3) is 41.9. The molecule has 0 heterocycles. The molecule has 57 heavy (non-hydrogen) atoms. The van der Waals surface area contributed by atoms with Crippen molar-refractivity contribution >= 4 is 13.7 Å². The summed E-state index contributed by atoms with van der Waals surface area (Å²) in [5.74, 6) is -0.190. The van der Waals surface area contributed by atoms with Gasteiger partial charge in [-0.3, -0.25) is 13.8 Å². The van der Waals surface area contributed by atoms with Crippen molar-refractivity contribution in [1.29, 1.82) is 0 Å². The molecule has 0 aromatic heterocycles. The average molecular weight is 820 g/mol. The molecule has 0 fully saturated rings. The van der Waals surface area contributed by atoms with Gasteiger partial charge in [0.05, 0.1) is 39.9 Å². The number of allylic oxidation sites excluding steroid dienone is 11. The van der Waals surface area contributed by atoms with Gasteiger partial charge in [0.1, 0.15) is 13.2 Å². The lowest BCUT2D eigenvalue weighted by molar-refractivity contribution is -0.870. The van der Waals surface area contributed by atoms with Crippen LogP contribution in [0.2, 0.25) is 0 Å². The highest BCUT2D eigenvalue weighted by atomic mass is 31.2. The van der Waals surface area contributed by atoms with Crippen molar-refractivity contribution in [3.63, 3.8) is 0 Å². The van der Waals surface area contributed by atoms with Gasteiger partial charge in [-0.05, 0) is 57.8 Å². The molecule has 0 rings (SSSR count). The SMILES string of the molecule is CC/C=C\C/C=C\C/C=C\C/C=C\C/C=C\CCCCCCCCCCCCCCCCCC(=O)NC(COP(=O)(O)OCC[N+](C)(C)C)C(O)/C=C/CCCC. The van der Waals surface area contributed by atoms with E-state index in [9.17, 15) is 19.4 Å². The highest BCUT2D eigenvalue weighted by Crippen LogP contribution is 2.43. The summed E-state index contributed by atoms with van der Waals surface area (Å²) in [6, 6.07) is -0.844. The Morgan fingerprint density at radius 1 is 0.614 bits per heavy atom. The molecule has 1 amide bonds. The van der Waals surface area contributed by atoms with E-state index >= 15 is 0 Å². The minimum atomic E-state index is -4.32. The van der Waals surface area contributed by atoms with Crippen LogP contribution in [0.4, 0.5) is 0 Å². The maximum absolute atomic E-state index is 12.7. The van der Waals surface area contributed by atoms with E-state index in [4.69, 9.17) is 9.05 Å². The largest absolute Gasteiger partial charge is 0.472 e. The fourth-order valence-corrected chi connectivity index (χ4v) is 6.79. The van der Waals surface area contributed by atoms with E-state index < -0.39 is 20.0 Å². The Labute approximate surface area is 351 Å². The third-order valence-electron chi connectivity index (χ3n) is 9.68. The molecule has 0 aromatic carbocycles. The van der Waals surface area contributed by atoms with Gasteiger partial charge in [-0.2, -0.15) is 0 Å². The molecule has 0 saturated carbocycles. The van der Waals surface area contributed by atoms with Crippen LogP contribution >= 0.6 is 7.82 Å². The number of likely N-dealkylation sites (N-methyl/N-ethyl adjacent to an activating group) is 1. The van der Waals surface area contributed by atoms with Crippen molar-refractivity contribution in [3.05, 3.63) is 72.9 Å². The van der Waals surface area contributed by atoms with Crippen molar-refractivity contribution in [3.8, 4) is 0 Å². The number of amides is 1. The number of rotatable bonds is 40. The van der Waals surface area contributed by atoms with Gasteiger partial charge in [0.15, 0.2) is 0 Å². The molecule has 0 spiro atoms. The first-order valence-corrected chi connectivity index (χ1v) is 24.3. The van der Waals surface area contributed by atoms with Gasteiger partial charge < -0.3 is 19.8 Å². The number of unbranched alkanes of at least 4 members (excludes halogenated alkanes) is 17. The van der Waals surface area contributed by atoms with Crippen LogP contribution in [-0.4, -0.2) is 73.4 Å². The van der Waals surface area contributed by atoms with Crippen LogP contribution < -0.4 is 5.32 Å². The number of phosphoric acid groups is 1. The lowest BCUT2D eigenvalue weighted by Gasteiger charge is -2.25. The van der Waals surface area contributed by atoms with Gasteiger partial charge in [0, 0.05) is 6.42 Å². The lowest BCUT2D eigenvalue weighted by Crippen LogP contribution is -2.45. The van der Waals surface area contributed by atoms with Gasteiger partial charge >= 0.3 is 7.82 Å². The monoisotopic (exact) mass is 820 g/mol. The molecule has 0 aliphatic carbocycles. The highest BCUT2D eigenvalue weighted by molar-refractivity contribution is 7.47. The molecule has 330 valence electrons. The summed E-state index contributed by atoms with van der Waals surface area (Å²) in [6.45, 7) is 4.53. The molecule has 3 N–H and O–H groups in total. The second-order valence-corrected chi connectivity index (χ2v) is 17.9. The summed E-state index contributed by atoms with van der Waals surface area (Å²) in [6.07, 6.45) is 53.4. The van der Waals surface area contributed by atoms with Crippen LogP contribution in [0.5, 0.6) is 0 Å². The van der Waals surface area contributed by atoms with Crippen LogP contribution in [0, 0.1) is 0 Å². The average Bonchev–Trinajstić information content (AvgIpc) is 3.16. The number of nitrogens with zero attached hydrogens (tertiary/aromatic N) is 1. The molecule has 8 nitrogen and oxygen atoms in total. The van der Waals surface area contributed by atoms with E-state index in [2.05, 4.69) is 79.9 Å². The Morgan fingerprint density at radius 2 is 1.05 bits per heavy atom. The first kappa shape index (κ1) is 54.9. The number of nitrogens with one attached hydrogen (secondary N) is 1. The van der Waals surface area contributed by atoms with E-state index in [1.54, 1.807) is 6.08 Å². The zero-order valence-electron chi connectivity index (χ0n) is 37.3. The van der Waals surface area contributed by atoms with E-state index in [1.807, 2.05) is 27.2 Å². The van der Waals surface area contributed by atoms with E-state index in [1.165, 1.54) is 83.5 Å². The summed E-state index contributed by atoms with van der Waals surface area (Å²) in [7, 11) is 1.56. The van der Waals surface area contributed by atoms with Gasteiger partial charge in [0.25, 0.3) is 0 Å². The Kier molecular flexibility index (Phi) is 38.0. The molecular formula is C48H88N2O6P+. The quantitative estimate of drug-likeness (QED) is 0.0246. The van der Waals surface area contributed by atoms with E-state index in [-0.39, 0.29) is 19.1 Å². The topological polar surface area (TPSA) is 105 Å². The molecule has 0 bridgehead atoms. The lowest BCUT2D eigenvalue weighted by atomic mass is 10.0. The molecule has 0 radical (unpaired) electrons. The second kappa shape index (κ2) is 39.4. The number of quaternary nitrogens is 1. The third-order valence-corrected chi connectivity index (χ3v) is 10.7. The zero-order chi connectivity index (χ0) is 42.1. The number of hydrogen-bond donors (Lipinski definition) is 3. The van der Waals surface area contributed by atoms with Gasteiger partial charge in [-0.25, -0.2) is 4.57 Å². The maximum Gasteiger partial charge on any atom is 0.472 e. The van der Waals surface area contributed by atoms with Crippen molar-refractivity contribution < 1.29 is 32.9 Å². The van der Waals surface area contributed by atoms with Crippen LogP contribution in [0.15, 0.2) is 72.9 Å². The van der Waals surface area contributed by atoms with Crippen LogP contribution in [-0.2, 0) is 18.4 Å². The highest BCUT2D eigenvalue weighted by Gasteiger charge is 2.27. The Bertz CT molecular complexity index is 1160. The van der Waals surface area contributed by atoms with Crippen molar-refractivity contribution in [2.45, 2.75) is 187 Å². The molecule has 0 aliphatic rings. The summed E-state index contributed by atoms with van der Waals surface area (Å²) in [5.41, 5.74) is 0. The standard InChI is InChI=1S/C48H87N2O6P/c1-6-8-10-12-13-14-15-16-17-18-19-20-21-22-23-24-25-26-27-28-29-30-31-32-33-34-35-36-37-38-40-42-48(52)49-46(47(51)41-39-11-9-7-2)45-56-57(53,54)55-44-43-50(3,4)5/h8,10,13-14,16-17,19-20,22-23,39,41,46-47,51H,6-7,9,11-12,15,18,21,24-38,40,42-45H2,1-5H3,(H-,49,52,53,54)/p+1/b10-8-,14-13-,17-16-,20-19-,23-22-,41-39+. The Hall–Kier alpha value is -2.06. The van der Waals surface area contributed by atoms with Gasteiger partial charge in [0.2, 0.25) is 5.91 Å². The van der Waals surface area contributed by atoms with Crippen LogP contribution in [0.25, 0.3) is 0 Å². The minimum Gasteiger partial charge on any atom is -0.387 e. The van der Waals surface area contributed by atoms with Crippen LogP contribution in [0.1, 0.15) is 174 Å². The summed E-state index contributed by atoms with van der Waals surface area (Å²) in [4.78, 5) is 22.9. The van der Waals surface area contributed by atoms with Crippen LogP contribution in [0.3, 0.4) is 0 Å². The second-order valence-electron chi connectivity index (χ2n) is 16.4.